The summed E-state index contributed by atoms with van der Waals surface area (Å²) in [7, 11) is -3.21. The molecule has 0 aromatic heterocycles. The fourth-order valence-corrected chi connectivity index (χ4v) is 3.45. The molecule has 0 bridgehead atoms. The van der Waals surface area contributed by atoms with Crippen LogP contribution in [0.1, 0.15) is 30.1 Å². The molecule has 1 heterocycles. The largest absolute Gasteiger partial charge is 0.489 e. The van der Waals surface area contributed by atoms with Crippen molar-refractivity contribution in [1.29, 1.82) is 0 Å². The molecule has 0 spiro atoms. The Morgan fingerprint density at radius 2 is 2.04 bits per heavy atom. The van der Waals surface area contributed by atoms with Gasteiger partial charge in [-0.3, -0.25) is 4.79 Å². The lowest BCUT2D eigenvalue weighted by Crippen LogP contribution is -2.46. The summed E-state index contributed by atoms with van der Waals surface area (Å²) < 4.78 is 30.7. The summed E-state index contributed by atoms with van der Waals surface area (Å²) >= 11 is 0. The number of rotatable bonds is 6. The smallest absolute Gasteiger partial charge is 0.253 e. The number of carbonyl (C=O) groups excluding carboxylic acids is 1. The van der Waals surface area contributed by atoms with Gasteiger partial charge in [0.15, 0.2) is 0 Å². The molecule has 132 valence electrons. The van der Waals surface area contributed by atoms with E-state index >= 15 is 0 Å². The van der Waals surface area contributed by atoms with Gasteiger partial charge in [0.2, 0.25) is 10.0 Å². The van der Waals surface area contributed by atoms with Crippen molar-refractivity contribution in [3.63, 3.8) is 0 Å². The molecule has 1 saturated heterocycles. The van der Waals surface area contributed by atoms with Gasteiger partial charge in [0.25, 0.3) is 5.91 Å². The third kappa shape index (κ3) is 5.65. The maximum absolute atomic E-state index is 12.6. The lowest BCUT2D eigenvalue weighted by Gasteiger charge is -2.32. The van der Waals surface area contributed by atoms with Gasteiger partial charge in [-0.25, -0.2) is 13.1 Å². The predicted octanol–water partition coefficient (Wildman–Crippen LogP) is 1.80. The highest BCUT2D eigenvalue weighted by atomic mass is 32.2. The molecule has 1 aliphatic heterocycles. The van der Waals surface area contributed by atoms with E-state index in [1.165, 1.54) is 0 Å². The minimum atomic E-state index is -3.21. The molecule has 0 radical (unpaired) electrons. The van der Waals surface area contributed by atoms with Crippen LogP contribution in [0.4, 0.5) is 0 Å². The molecule has 1 N–H and O–H groups in total. The number of carbonyl (C=O) groups is 1. The van der Waals surface area contributed by atoms with Crippen LogP contribution >= 0.6 is 0 Å². The second-order valence-electron chi connectivity index (χ2n) is 6.23. The van der Waals surface area contributed by atoms with Crippen LogP contribution in [0, 0.1) is 0 Å². The molecule has 1 aromatic rings. The van der Waals surface area contributed by atoms with E-state index in [-0.39, 0.29) is 11.9 Å². The Morgan fingerprint density at radius 3 is 2.62 bits per heavy atom. The second kappa shape index (κ2) is 7.81. The molecule has 0 unspecified atom stereocenters. The SMILES string of the molecule is C=C(C)COc1cccc(C(=O)N2CCC(NS(C)(=O)=O)CC2)c1. The molecular weight excluding hydrogens is 328 g/mol. The molecule has 6 nitrogen and oxygen atoms in total. The van der Waals surface area contributed by atoms with Gasteiger partial charge < -0.3 is 9.64 Å². The zero-order valence-electron chi connectivity index (χ0n) is 14.1. The quantitative estimate of drug-likeness (QED) is 0.792. The Bertz CT molecular complexity index is 707. The monoisotopic (exact) mass is 352 g/mol. The van der Waals surface area contributed by atoms with Crippen LogP contribution in [0.3, 0.4) is 0 Å². The molecule has 1 aromatic carbocycles. The van der Waals surface area contributed by atoms with Crippen LogP contribution in [0.15, 0.2) is 36.4 Å². The summed E-state index contributed by atoms with van der Waals surface area (Å²) in [6.45, 7) is 7.14. The normalized spacial score (nSPS) is 16.0. The van der Waals surface area contributed by atoms with Gasteiger partial charge in [0.05, 0.1) is 6.26 Å². The van der Waals surface area contributed by atoms with E-state index in [2.05, 4.69) is 11.3 Å². The fraction of sp³-hybridized carbons (Fsp3) is 0.471. The van der Waals surface area contributed by atoms with Gasteiger partial charge in [-0.15, -0.1) is 0 Å². The Kier molecular flexibility index (Phi) is 6.01. The predicted molar refractivity (Wildman–Crippen MR) is 93.7 cm³/mol. The van der Waals surface area contributed by atoms with E-state index < -0.39 is 10.0 Å². The first-order valence-electron chi connectivity index (χ1n) is 7.88. The van der Waals surface area contributed by atoms with Crippen LogP contribution < -0.4 is 9.46 Å². The summed E-state index contributed by atoms with van der Waals surface area (Å²) in [6.07, 6.45) is 2.39. The number of benzene rings is 1. The molecule has 7 heteroatoms. The zero-order chi connectivity index (χ0) is 17.7. The van der Waals surface area contributed by atoms with Crippen LogP contribution in [0.5, 0.6) is 5.75 Å². The van der Waals surface area contributed by atoms with E-state index in [1.807, 2.05) is 13.0 Å². The second-order valence-corrected chi connectivity index (χ2v) is 8.01. The average molecular weight is 352 g/mol. The third-order valence-electron chi connectivity index (χ3n) is 3.73. The molecule has 24 heavy (non-hydrogen) atoms. The highest BCUT2D eigenvalue weighted by molar-refractivity contribution is 7.88. The standard InChI is InChI=1S/C17H24N2O4S/c1-13(2)12-23-16-6-4-5-14(11-16)17(20)19-9-7-15(8-10-19)18-24(3,21)22/h4-6,11,15,18H,1,7-10,12H2,2-3H3. The molecule has 2 rings (SSSR count). The first kappa shape index (κ1) is 18.5. The van der Waals surface area contributed by atoms with E-state index in [0.717, 1.165) is 11.8 Å². The average Bonchev–Trinajstić information content (AvgIpc) is 2.52. The summed E-state index contributed by atoms with van der Waals surface area (Å²) in [4.78, 5) is 14.3. The Labute approximate surface area is 143 Å². The highest BCUT2D eigenvalue weighted by Gasteiger charge is 2.25. The number of hydrogen-bond donors (Lipinski definition) is 1. The fourth-order valence-electron chi connectivity index (χ4n) is 2.61. The van der Waals surface area contributed by atoms with Crippen molar-refractivity contribution >= 4 is 15.9 Å². The van der Waals surface area contributed by atoms with Crippen molar-refractivity contribution in [2.24, 2.45) is 0 Å². The number of piperidine rings is 1. The summed E-state index contributed by atoms with van der Waals surface area (Å²) in [5.41, 5.74) is 1.48. The van der Waals surface area contributed by atoms with E-state index in [1.54, 1.807) is 23.1 Å². The maximum Gasteiger partial charge on any atom is 0.253 e. The number of ether oxygens (including phenoxy) is 1. The topological polar surface area (TPSA) is 75.7 Å². The highest BCUT2D eigenvalue weighted by Crippen LogP contribution is 2.18. The van der Waals surface area contributed by atoms with E-state index in [0.29, 0.717) is 43.9 Å². The number of hydrogen-bond acceptors (Lipinski definition) is 4. The van der Waals surface area contributed by atoms with Gasteiger partial charge in [0, 0.05) is 24.7 Å². The van der Waals surface area contributed by atoms with Crippen molar-refractivity contribution in [3.05, 3.63) is 42.0 Å². The van der Waals surface area contributed by atoms with E-state index in [4.69, 9.17) is 4.74 Å². The Morgan fingerprint density at radius 1 is 1.38 bits per heavy atom. The number of sulfonamides is 1. The van der Waals surface area contributed by atoms with Crippen LogP contribution in [-0.2, 0) is 10.0 Å². The van der Waals surface area contributed by atoms with Crippen LogP contribution in [0.2, 0.25) is 0 Å². The third-order valence-corrected chi connectivity index (χ3v) is 4.49. The van der Waals surface area contributed by atoms with Gasteiger partial charge in [-0.1, -0.05) is 12.6 Å². The zero-order valence-corrected chi connectivity index (χ0v) is 14.9. The molecule has 1 fully saturated rings. The minimum Gasteiger partial charge on any atom is -0.489 e. The van der Waals surface area contributed by atoms with Crippen molar-refractivity contribution in [2.75, 3.05) is 26.0 Å². The number of likely N-dealkylation sites (tertiary alicyclic amines) is 1. The molecule has 0 saturated carbocycles. The first-order chi connectivity index (χ1) is 11.2. The molecule has 0 aliphatic carbocycles. The molecule has 1 amide bonds. The van der Waals surface area contributed by atoms with E-state index in [9.17, 15) is 13.2 Å². The van der Waals surface area contributed by atoms with Gasteiger partial charge in [0.1, 0.15) is 12.4 Å². The lowest BCUT2D eigenvalue weighted by atomic mass is 10.0. The number of amides is 1. The first-order valence-corrected chi connectivity index (χ1v) is 9.77. The van der Waals surface area contributed by atoms with Crippen LogP contribution in [-0.4, -0.2) is 51.2 Å². The minimum absolute atomic E-state index is 0.0615. The van der Waals surface area contributed by atoms with Gasteiger partial charge >= 0.3 is 0 Å². The number of nitrogens with one attached hydrogen (secondary N) is 1. The number of nitrogens with zero attached hydrogens (tertiary/aromatic N) is 1. The summed E-state index contributed by atoms with van der Waals surface area (Å²) in [6, 6.07) is 6.98. The van der Waals surface area contributed by atoms with Gasteiger partial charge in [-0.05, 0) is 43.5 Å². The lowest BCUT2D eigenvalue weighted by molar-refractivity contribution is 0.0711. The molecule has 1 aliphatic rings. The van der Waals surface area contributed by atoms with Gasteiger partial charge in [-0.2, -0.15) is 0 Å². The Balaban J connectivity index is 1.95. The van der Waals surface area contributed by atoms with Crippen molar-refractivity contribution in [3.8, 4) is 5.75 Å². The Hall–Kier alpha value is -1.86. The van der Waals surface area contributed by atoms with Crippen molar-refractivity contribution in [2.45, 2.75) is 25.8 Å². The molecule has 0 atom stereocenters. The molecular formula is C17H24N2O4S. The van der Waals surface area contributed by atoms with Crippen molar-refractivity contribution in [1.82, 2.24) is 9.62 Å². The summed E-state index contributed by atoms with van der Waals surface area (Å²) in [5, 5.41) is 0. The van der Waals surface area contributed by atoms with Crippen LogP contribution in [0.25, 0.3) is 0 Å². The van der Waals surface area contributed by atoms with Crippen molar-refractivity contribution < 1.29 is 17.9 Å². The summed E-state index contributed by atoms with van der Waals surface area (Å²) in [5.74, 6) is 0.575. The maximum atomic E-state index is 12.6.